The van der Waals surface area contributed by atoms with Gasteiger partial charge in [0.05, 0.1) is 16.3 Å². The molecule has 0 unspecified atom stereocenters. The number of phenols is 1. The van der Waals surface area contributed by atoms with E-state index in [1.54, 1.807) is 31.2 Å². The Morgan fingerprint density at radius 3 is 2.70 bits per heavy atom. The number of benzene rings is 2. The number of phenolic OH excluding ortho intramolecular Hbond substituents is 1. The second-order valence-corrected chi connectivity index (χ2v) is 6.81. The Hall–Kier alpha value is -3.93. The van der Waals surface area contributed by atoms with E-state index in [0.717, 1.165) is 5.56 Å². The van der Waals surface area contributed by atoms with Crippen molar-refractivity contribution in [3.05, 3.63) is 74.3 Å². The van der Waals surface area contributed by atoms with Gasteiger partial charge >= 0.3 is 11.6 Å². The number of nitro groups is 1. The fraction of sp³-hybridized carbons (Fsp3) is 0.0556. The molecule has 3 aromatic rings. The van der Waals surface area contributed by atoms with Gasteiger partial charge in [0.25, 0.3) is 0 Å². The van der Waals surface area contributed by atoms with Crippen LogP contribution in [0.5, 0.6) is 5.75 Å². The zero-order chi connectivity index (χ0) is 21.7. The number of nitrogens with zero attached hydrogens (tertiary/aromatic N) is 5. The zero-order valence-electron chi connectivity index (χ0n) is 15.4. The fourth-order valence-electron chi connectivity index (χ4n) is 2.34. The number of H-pyrrole nitrogens is 1. The summed E-state index contributed by atoms with van der Waals surface area (Å²) >= 11 is 3.17. The molecule has 1 aromatic heterocycles. The molecule has 1 heterocycles. The highest BCUT2D eigenvalue weighted by atomic mass is 79.9. The number of carbonyl (C=O) groups excluding carboxylic acids is 1. The number of carbonyl (C=O) groups is 1. The lowest BCUT2D eigenvalue weighted by molar-refractivity contribution is -0.385. The largest absolute Gasteiger partial charge is 0.502 e. The first kappa shape index (κ1) is 20.8. The van der Waals surface area contributed by atoms with E-state index < -0.39 is 22.3 Å². The van der Waals surface area contributed by atoms with Gasteiger partial charge < -0.3 is 5.11 Å². The molecule has 11 nitrogen and oxygen atoms in total. The second kappa shape index (κ2) is 9.05. The summed E-state index contributed by atoms with van der Waals surface area (Å²) in [4.78, 5) is 30.1. The molecule has 0 atom stereocenters. The molecule has 0 bridgehead atoms. The van der Waals surface area contributed by atoms with E-state index in [2.05, 4.69) is 46.6 Å². The zero-order valence-corrected chi connectivity index (χ0v) is 17.0. The number of hydrogen-bond acceptors (Lipinski definition) is 8. The van der Waals surface area contributed by atoms with Crippen LogP contribution in [0.2, 0.25) is 0 Å². The van der Waals surface area contributed by atoms with Crippen LogP contribution in [0.1, 0.15) is 28.7 Å². The molecule has 0 aliphatic rings. The minimum Gasteiger partial charge on any atom is -0.502 e. The summed E-state index contributed by atoms with van der Waals surface area (Å²) in [6.45, 7) is 1.72. The van der Waals surface area contributed by atoms with Gasteiger partial charge in [-0.1, -0.05) is 28.1 Å². The summed E-state index contributed by atoms with van der Waals surface area (Å²) in [6, 6.07) is 9.63. The van der Waals surface area contributed by atoms with E-state index in [4.69, 9.17) is 0 Å². The molecule has 30 heavy (non-hydrogen) atoms. The molecule has 152 valence electrons. The topological polar surface area (TPSA) is 159 Å². The Morgan fingerprint density at radius 1 is 1.33 bits per heavy atom. The van der Waals surface area contributed by atoms with Gasteiger partial charge in [-0.25, -0.2) is 10.4 Å². The first-order valence-corrected chi connectivity index (χ1v) is 9.16. The minimum absolute atomic E-state index is 0.0484. The highest BCUT2D eigenvalue weighted by Crippen LogP contribution is 2.32. The maximum absolute atomic E-state index is 11.8. The van der Waals surface area contributed by atoms with Crippen molar-refractivity contribution >= 4 is 45.1 Å². The van der Waals surface area contributed by atoms with Crippen molar-refractivity contribution in [3.63, 3.8) is 0 Å². The first-order chi connectivity index (χ1) is 14.3. The number of hydrogen-bond donors (Lipinski definition) is 3. The predicted octanol–water partition coefficient (Wildman–Crippen LogP) is 3.09. The minimum atomic E-state index is -0.671. The lowest BCUT2D eigenvalue weighted by Gasteiger charge is -2.03. The van der Waals surface area contributed by atoms with Crippen LogP contribution in [0.15, 0.2) is 57.3 Å². The van der Waals surface area contributed by atoms with Gasteiger partial charge in [-0.3, -0.25) is 25.0 Å². The van der Waals surface area contributed by atoms with Crippen LogP contribution in [-0.2, 0) is 0 Å². The highest BCUT2D eigenvalue weighted by Gasteiger charge is 2.17. The lowest BCUT2D eigenvalue weighted by atomic mass is 10.1. The number of amides is 1. The van der Waals surface area contributed by atoms with E-state index in [9.17, 15) is 20.0 Å². The second-order valence-electron chi connectivity index (χ2n) is 5.90. The van der Waals surface area contributed by atoms with Crippen LogP contribution in [0.4, 0.5) is 11.4 Å². The Balaban J connectivity index is 1.72. The third-order valence-corrected chi connectivity index (χ3v) is 4.33. The van der Waals surface area contributed by atoms with E-state index in [1.165, 1.54) is 24.7 Å². The van der Waals surface area contributed by atoms with Crippen LogP contribution in [0.3, 0.4) is 0 Å². The molecule has 0 spiro atoms. The van der Waals surface area contributed by atoms with E-state index in [-0.39, 0.29) is 11.4 Å². The van der Waals surface area contributed by atoms with Gasteiger partial charge in [-0.2, -0.15) is 10.2 Å². The van der Waals surface area contributed by atoms with Crippen molar-refractivity contribution in [1.29, 1.82) is 0 Å². The van der Waals surface area contributed by atoms with Crippen molar-refractivity contribution in [2.24, 2.45) is 10.1 Å². The quantitative estimate of drug-likeness (QED) is 0.284. The molecule has 0 aliphatic heterocycles. The van der Waals surface area contributed by atoms with Gasteiger partial charge in [0.15, 0.2) is 0 Å². The van der Waals surface area contributed by atoms with Crippen LogP contribution < -0.4 is 5.43 Å². The summed E-state index contributed by atoms with van der Waals surface area (Å²) in [7, 11) is 0. The van der Waals surface area contributed by atoms with Gasteiger partial charge in [0.2, 0.25) is 11.6 Å². The van der Waals surface area contributed by atoms with Crippen LogP contribution >= 0.6 is 15.9 Å². The molecule has 0 aliphatic carbocycles. The van der Waals surface area contributed by atoms with Crippen molar-refractivity contribution in [2.75, 3.05) is 0 Å². The maximum atomic E-state index is 11.8. The van der Waals surface area contributed by atoms with E-state index >= 15 is 0 Å². The van der Waals surface area contributed by atoms with Crippen molar-refractivity contribution in [1.82, 2.24) is 20.6 Å². The highest BCUT2D eigenvalue weighted by molar-refractivity contribution is 9.10. The maximum Gasteiger partial charge on any atom is 0.312 e. The van der Waals surface area contributed by atoms with Gasteiger partial charge in [-0.05, 0) is 30.7 Å². The Kier molecular flexibility index (Phi) is 6.27. The normalized spacial score (nSPS) is 11.6. The third kappa shape index (κ3) is 4.91. The molecule has 2 aromatic carbocycles. The molecule has 0 saturated heterocycles. The SMILES string of the molecule is C/C(=N\NC(=O)c1ncn[nH]1)c1ccc(N=Cc2cc(Br)cc([N+](=O)[O-])c2O)cc1. The predicted molar refractivity (Wildman–Crippen MR) is 112 cm³/mol. The molecule has 0 radical (unpaired) electrons. The molecule has 12 heteroatoms. The Labute approximate surface area is 177 Å². The number of hydrazone groups is 1. The Bertz CT molecular complexity index is 1140. The summed E-state index contributed by atoms with van der Waals surface area (Å²) in [5, 5.41) is 31.1. The molecular formula is C18H14BrN7O4. The molecule has 3 rings (SSSR count). The molecule has 1 amide bonds. The van der Waals surface area contributed by atoms with E-state index in [1.807, 2.05) is 0 Å². The molecule has 0 saturated carbocycles. The van der Waals surface area contributed by atoms with Crippen LogP contribution in [-0.4, -0.2) is 43.0 Å². The number of nitrogens with one attached hydrogen (secondary N) is 2. The third-order valence-electron chi connectivity index (χ3n) is 3.87. The summed E-state index contributed by atoms with van der Waals surface area (Å²) < 4.78 is 0.447. The standard InChI is InChI=1S/C18H14BrN7O4/c1-10(23-25-18(28)17-21-9-22-24-17)11-2-4-14(5-3-11)20-8-12-6-13(19)7-15(16(12)27)26(29)30/h2-9,27H,1H3,(H,25,28)(H,21,22,24)/b20-8?,23-10+. The number of aliphatic imine (C=N–C) groups is 1. The monoisotopic (exact) mass is 471 g/mol. The van der Waals surface area contributed by atoms with Crippen LogP contribution in [0.25, 0.3) is 0 Å². The molecule has 3 N–H and O–H groups in total. The van der Waals surface area contributed by atoms with Crippen molar-refractivity contribution in [3.8, 4) is 5.75 Å². The number of aromatic nitrogens is 3. The number of rotatable bonds is 6. The smallest absolute Gasteiger partial charge is 0.312 e. The average Bonchev–Trinajstić information content (AvgIpc) is 3.27. The fourth-order valence-corrected chi connectivity index (χ4v) is 2.81. The number of nitro benzene ring substituents is 1. The molecular weight excluding hydrogens is 458 g/mol. The summed E-state index contributed by atoms with van der Waals surface area (Å²) in [5.74, 6) is -0.933. The van der Waals surface area contributed by atoms with Crippen molar-refractivity contribution in [2.45, 2.75) is 6.92 Å². The number of aromatic amines is 1. The summed E-state index contributed by atoms with van der Waals surface area (Å²) in [6.07, 6.45) is 2.55. The van der Waals surface area contributed by atoms with Gasteiger partial charge in [0, 0.05) is 22.3 Å². The Morgan fingerprint density at radius 2 is 2.07 bits per heavy atom. The first-order valence-electron chi connectivity index (χ1n) is 8.36. The van der Waals surface area contributed by atoms with Gasteiger partial charge in [0.1, 0.15) is 6.33 Å². The van der Waals surface area contributed by atoms with Crippen molar-refractivity contribution < 1.29 is 14.8 Å². The number of aromatic hydroxyl groups is 1. The van der Waals surface area contributed by atoms with E-state index in [0.29, 0.717) is 15.9 Å². The average molecular weight is 472 g/mol. The number of halogens is 1. The van der Waals surface area contributed by atoms with Crippen LogP contribution in [0, 0.1) is 10.1 Å². The lowest BCUT2D eigenvalue weighted by Crippen LogP contribution is -2.20. The van der Waals surface area contributed by atoms with Gasteiger partial charge in [-0.15, -0.1) is 0 Å². The molecule has 0 fully saturated rings. The summed E-state index contributed by atoms with van der Waals surface area (Å²) in [5.41, 5.74) is 4.01.